The molecular weight excluding hydrogens is 318 g/mol. The summed E-state index contributed by atoms with van der Waals surface area (Å²) in [6.07, 6.45) is -10.3. The second kappa shape index (κ2) is 4.40. The van der Waals surface area contributed by atoms with Crippen LogP contribution in [0.3, 0.4) is 0 Å². The monoisotopic (exact) mass is 322 g/mol. The van der Waals surface area contributed by atoms with Crippen molar-refractivity contribution in [2.24, 2.45) is 0 Å². The Morgan fingerprint density at radius 1 is 1.00 bits per heavy atom. The standard InChI is InChI=1S/C9H5BrF6O/c10-3-4-6(17)2-1-5(8(11,12)13)7(4)9(14,15)16/h1-2,17H,3H2. The number of benzene rings is 1. The van der Waals surface area contributed by atoms with Crippen molar-refractivity contribution in [3.63, 3.8) is 0 Å². The molecule has 8 heteroatoms. The molecule has 1 aromatic rings. The van der Waals surface area contributed by atoms with Crippen LogP contribution in [0.25, 0.3) is 0 Å². The summed E-state index contributed by atoms with van der Waals surface area (Å²) in [5.41, 5.74) is -4.49. The lowest BCUT2D eigenvalue weighted by Crippen LogP contribution is -2.18. The topological polar surface area (TPSA) is 20.2 Å². The number of phenolic OH excluding ortho intramolecular Hbond substituents is 1. The summed E-state index contributed by atoms with van der Waals surface area (Å²) in [7, 11) is 0. The molecule has 1 rings (SSSR count). The molecule has 0 aromatic heterocycles. The molecule has 0 saturated heterocycles. The van der Waals surface area contributed by atoms with E-state index in [1.54, 1.807) is 0 Å². The minimum absolute atomic E-state index is 0.213. The first-order valence-corrected chi connectivity index (χ1v) is 5.26. The summed E-state index contributed by atoms with van der Waals surface area (Å²) in [4.78, 5) is 0. The Labute approximate surface area is 100 Å². The Kier molecular flexibility index (Phi) is 3.66. The lowest BCUT2D eigenvalue weighted by atomic mass is 10.00. The molecule has 0 aliphatic heterocycles. The van der Waals surface area contributed by atoms with Crippen molar-refractivity contribution in [1.82, 2.24) is 0 Å². The van der Waals surface area contributed by atoms with Gasteiger partial charge in [0.15, 0.2) is 0 Å². The third-order valence-electron chi connectivity index (χ3n) is 2.01. The highest BCUT2D eigenvalue weighted by molar-refractivity contribution is 9.08. The second-order valence-corrected chi connectivity index (χ2v) is 3.68. The zero-order chi connectivity index (χ0) is 13.4. The number of aromatic hydroxyl groups is 1. The number of phenols is 1. The quantitative estimate of drug-likeness (QED) is 0.603. The SMILES string of the molecule is Oc1ccc(C(F)(F)F)c(C(F)(F)F)c1CBr. The molecule has 1 nitrogen and oxygen atoms in total. The Morgan fingerprint density at radius 3 is 1.88 bits per heavy atom. The lowest BCUT2D eigenvalue weighted by Gasteiger charge is -2.19. The first-order chi connectivity index (χ1) is 7.59. The molecule has 0 aliphatic carbocycles. The average molecular weight is 323 g/mol. The number of hydrogen-bond acceptors (Lipinski definition) is 1. The van der Waals surface area contributed by atoms with Gasteiger partial charge in [-0.15, -0.1) is 0 Å². The molecule has 17 heavy (non-hydrogen) atoms. The van der Waals surface area contributed by atoms with Crippen molar-refractivity contribution in [3.05, 3.63) is 28.8 Å². The number of alkyl halides is 7. The van der Waals surface area contributed by atoms with Crippen LogP contribution in [0.15, 0.2) is 12.1 Å². The van der Waals surface area contributed by atoms with Crippen LogP contribution in [0.2, 0.25) is 0 Å². The van der Waals surface area contributed by atoms with Crippen molar-refractivity contribution in [3.8, 4) is 5.75 Å². The number of hydrogen-bond donors (Lipinski definition) is 1. The summed E-state index contributed by atoms with van der Waals surface area (Å²) >= 11 is 2.63. The van der Waals surface area contributed by atoms with Crippen LogP contribution >= 0.6 is 15.9 Å². The normalized spacial score (nSPS) is 12.9. The molecule has 0 radical (unpaired) electrons. The van der Waals surface area contributed by atoms with Crippen LogP contribution in [0, 0.1) is 0 Å². The van der Waals surface area contributed by atoms with E-state index in [0.29, 0.717) is 6.07 Å². The Balaban J connectivity index is 3.64. The molecule has 96 valence electrons. The molecule has 0 heterocycles. The molecule has 1 aromatic carbocycles. The van der Waals surface area contributed by atoms with Crippen molar-refractivity contribution in [1.29, 1.82) is 0 Å². The van der Waals surface area contributed by atoms with Gasteiger partial charge in [-0.25, -0.2) is 0 Å². The molecule has 0 bridgehead atoms. The Hall–Kier alpha value is -0.920. The van der Waals surface area contributed by atoms with Gasteiger partial charge in [0, 0.05) is 10.9 Å². The van der Waals surface area contributed by atoms with Crippen molar-refractivity contribution < 1.29 is 31.4 Å². The molecule has 0 spiro atoms. The van der Waals surface area contributed by atoms with Crippen molar-refractivity contribution in [2.75, 3.05) is 0 Å². The average Bonchev–Trinajstić information content (AvgIpc) is 2.13. The first kappa shape index (κ1) is 14.1. The minimum atomic E-state index is -5.19. The fourth-order valence-electron chi connectivity index (χ4n) is 1.33. The van der Waals surface area contributed by atoms with Crippen LogP contribution in [-0.2, 0) is 17.7 Å². The van der Waals surface area contributed by atoms with E-state index in [1.807, 2.05) is 0 Å². The highest BCUT2D eigenvalue weighted by Crippen LogP contribution is 2.44. The van der Waals surface area contributed by atoms with Gasteiger partial charge in [0.05, 0.1) is 11.1 Å². The van der Waals surface area contributed by atoms with Crippen LogP contribution in [-0.4, -0.2) is 5.11 Å². The summed E-state index contributed by atoms with van der Waals surface area (Å²) < 4.78 is 75.0. The van der Waals surface area contributed by atoms with E-state index in [-0.39, 0.29) is 6.07 Å². The summed E-state index contributed by atoms with van der Waals surface area (Å²) in [5, 5.41) is 8.62. The predicted octanol–water partition coefficient (Wildman–Crippen LogP) is 4.32. The summed E-state index contributed by atoms with van der Waals surface area (Å²) in [6.45, 7) is 0. The van der Waals surface area contributed by atoms with E-state index < -0.39 is 40.1 Å². The molecular formula is C9H5BrF6O. The van der Waals surface area contributed by atoms with Gasteiger partial charge in [0.1, 0.15) is 5.75 Å². The van der Waals surface area contributed by atoms with Gasteiger partial charge < -0.3 is 5.11 Å². The third-order valence-corrected chi connectivity index (χ3v) is 2.57. The molecule has 0 amide bonds. The number of rotatable bonds is 1. The molecule has 0 saturated carbocycles. The van der Waals surface area contributed by atoms with E-state index in [1.165, 1.54) is 0 Å². The van der Waals surface area contributed by atoms with Crippen molar-refractivity contribution in [2.45, 2.75) is 17.7 Å². The van der Waals surface area contributed by atoms with Gasteiger partial charge in [-0.3, -0.25) is 0 Å². The fourth-order valence-corrected chi connectivity index (χ4v) is 1.90. The highest BCUT2D eigenvalue weighted by Gasteiger charge is 2.45. The summed E-state index contributed by atoms with van der Waals surface area (Å²) in [5.74, 6) is -0.831. The van der Waals surface area contributed by atoms with Gasteiger partial charge in [0.2, 0.25) is 0 Å². The van der Waals surface area contributed by atoms with E-state index in [9.17, 15) is 26.3 Å². The third kappa shape index (κ3) is 2.85. The van der Waals surface area contributed by atoms with Gasteiger partial charge in [0.25, 0.3) is 0 Å². The van der Waals surface area contributed by atoms with E-state index >= 15 is 0 Å². The lowest BCUT2D eigenvalue weighted by molar-refractivity contribution is -0.162. The molecule has 0 fully saturated rings. The zero-order valence-corrected chi connectivity index (χ0v) is 9.54. The maximum atomic E-state index is 12.6. The number of halogens is 7. The van der Waals surface area contributed by atoms with Gasteiger partial charge >= 0.3 is 12.4 Å². The van der Waals surface area contributed by atoms with E-state index in [2.05, 4.69) is 15.9 Å². The Morgan fingerprint density at radius 2 is 1.53 bits per heavy atom. The molecule has 0 atom stereocenters. The van der Waals surface area contributed by atoms with Gasteiger partial charge in [-0.05, 0) is 12.1 Å². The minimum Gasteiger partial charge on any atom is -0.508 e. The first-order valence-electron chi connectivity index (χ1n) is 4.14. The van der Waals surface area contributed by atoms with Crippen molar-refractivity contribution >= 4 is 15.9 Å². The largest absolute Gasteiger partial charge is 0.508 e. The van der Waals surface area contributed by atoms with Gasteiger partial charge in [-0.1, -0.05) is 15.9 Å². The molecule has 0 aliphatic rings. The highest BCUT2D eigenvalue weighted by atomic mass is 79.9. The summed E-state index contributed by atoms with van der Waals surface area (Å²) in [6, 6.07) is 0.805. The maximum Gasteiger partial charge on any atom is 0.417 e. The fraction of sp³-hybridized carbons (Fsp3) is 0.333. The van der Waals surface area contributed by atoms with E-state index in [0.717, 1.165) is 0 Å². The van der Waals surface area contributed by atoms with Crippen LogP contribution < -0.4 is 0 Å². The maximum absolute atomic E-state index is 12.6. The van der Waals surface area contributed by atoms with Crippen LogP contribution in [0.1, 0.15) is 16.7 Å². The smallest absolute Gasteiger partial charge is 0.417 e. The molecule has 1 N–H and O–H groups in total. The second-order valence-electron chi connectivity index (χ2n) is 3.11. The predicted molar refractivity (Wildman–Crippen MR) is 50.7 cm³/mol. The van der Waals surface area contributed by atoms with Crippen LogP contribution in [0.5, 0.6) is 5.75 Å². The molecule has 0 unspecified atom stereocenters. The van der Waals surface area contributed by atoms with Gasteiger partial charge in [-0.2, -0.15) is 26.3 Å². The van der Waals surface area contributed by atoms with E-state index in [4.69, 9.17) is 5.11 Å². The zero-order valence-electron chi connectivity index (χ0n) is 7.95. The van der Waals surface area contributed by atoms with Crippen LogP contribution in [0.4, 0.5) is 26.3 Å². The Bertz CT molecular complexity index is 423.